The fourth-order valence-electron chi connectivity index (χ4n) is 2.51. The number of amides is 3. The van der Waals surface area contributed by atoms with Crippen LogP contribution in [0, 0.1) is 0 Å². The van der Waals surface area contributed by atoms with E-state index < -0.39 is 17.7 Å². The highest BCUT2D eigenvalue weighted by atomic mass is 16.5. The Bertz CT molecular complexity index is 775. The van der Waals surface area contributed by atoms with Gasteiger partial charge < -0.3 is 4.74 Å². The van der Waals surface area contributed by atoms with E-state index in [9.17, 15) is 14.4 Å². The second kappa shape index (κ2) is 4.59. The van der Waals surface area contributed by atoms with E-state index in [1.54, 1.807) is 30.3 Å². The number of ether oxygens (including phenoxy) is 1. The molecule has 1 heterocycles. The summed E-state index contributed by atoms with van der Waals surface area (Å²) in [6.45, 7) is 1.24. The molecule has 21 heavy (non-hydrogen) atoms. The van der Waals surface area contributed by atoms with E-state index >= 15 is 0 Å². The molecule has 0 unspecified atom stereocenters. The summed E-state index contributed by atoms with van der Waals surface area (Å²) in [5.74, 6) is -1.01. The Labute approximate surface area is 120 Å². The highest BCUT2D eigenvalue weighted by molar-refractivity contribution is 6.26. The number of benzene rings is 2. The van der Waals surface area contributed by atoms with Gasteiger partial charge >= 0.3 is 0 Å². The average Bonchev–Trinajstić information content (AvgIpc) is 2.48. The van der Waals surface area contributed by atoms with Crippen LogP contribution < -0.4 is 10.2 Å². The number of carbonyl (C=O) groups is 3. The van der Waals surface area contributed by atoms with Crippen molar-refractivity contribution in [3.05, 3.63) is 41.5 Å². The molecule has 0 radical (unpaired) electrons. The number of nitrogens with zero attached hydrogens (tertiary/aromatic N) is 1. The molecular formula is C15H12N2O4. The van der Waals surface area contributed by atoms with Gasteiger partial charge in [-0.25, -0.2) is 0 Å². The lowest BCUT2D eigenvalue weighted by atomic mass is 9.94. The summed E-state index contributed by atoms with van der Waals surface area (Å²) in [5.41, 5.74) is 2.97. The van der Waals surface area contributed by atoms with Crippen molar-refractivity contribution in [3.8, 4) is 5.75 Å². The van der Waals surface area contributed by atoms with E-state index in [2.05, 4.69) is 5.43 Å². The molecule has 0 spiro atoms. The summed E-state index contributed by atoms with van der Waals surface area (Å²) in [6.07, 6.45) is 0. The molecule has 0 aromatic heterocycles. The first-order chi connectivity index (χ1) is 10.0. The third kappa shape index (κ3) is 1.84. The highest BCUT2D eigenvalue weighted by Gasteiger charge is 2.34. The number of carbonyl (C=O) groups excluding carboxylic acids is 3. The molecule has 2 aromatic rings. The van der Waals surface area contributed by atoms with Crippen molar-refractivity contribution in [3.63, 3.8) is 0 Å². The predicted octanol–water partition coefficient (Wildman–Crippen LogP) is 1.50. The van der Waals surface area contributed by atoms with Gasteiger partial charge in [-0.05, 0) is 18.2 Å². The molecule has 106 valence electrons. The Morgan fingerprint density at radius 2 is 1.76 bits per heavy atom. The van der Waals surface area contributed by atoms with Gasteiger partial charge in [0.1, 0.15) is 5.75 Å². The molecular weight excluding hydrogens is 272 g/mol. The van der Waals surface area contributed by atoms with Crippen molar-refractivity contribution in [2.45, 2.75) is 6.92 Å². The van der Waals surface area contributed by atoms with Gasteiger partial charge in [0.2, 0.25) is 5.91 Å². The molecule has 1 aliphatic rings. The lowest BCUT2D eigenvalue weighted by molar-refractivity contribution is -0.122. The van der Waals surface area contributed by atoms with Crippen molar-refractivity contribution in [2.75, 3.05) is 7.11 Å². The molecule has 0 fully saturated rings. The molecule has 0 saturated heterocycles. The normalized spacial score (nSPS) is 13.5. The monoisotopic (exact) mass is 284 g/mol. The SMILES string of the molecule is COc1ccc2c3c(cccc13)C(=O)N(NC(C)=O)C2=O. The predicted molar refractivity (Wildman–Crippen MR) is 74.8 cm³/mol. The first-order valence-corrected chi connectivity index (χ1v) is 6.30. The Morgan fingerprint density at radius 1 is 1.10 bits per heavy atom. The van der Waals surface area contributed by atoms with Gasteiger partial charge in [0.15, 0.2) is 0 Å². The highest BCUT2D eigenvalue weighted by Crippen LogP contribution is 2.34. The van der Waals surface area contributed by atoms with Crippen LogP contribution in [0.4, 0.5) is 0 Å². The molecule has 6 heteroatoms. The Kier molecular flexibility index (Phi) is 2.86. The number of methoxy groups -OCH3 is 1. The number of nitrogens with one attached hydrogen (secondary N) is 1. The Balaban J connectivity index is 2.30. The van der Waals surface area contributed by atoms with E-state index in [-0.39, 0.29) is 0 Å². The first-order valence-electron chi connectivity index (χ1n) is 6.30. The zero-order valence-corrected chi connectivity index (χ0v) is 11.5. The van der Waals surface area contributed by atoms with Gasteiger partial charge in [-0.3, -0.25) is 19.8 Å². The maximum absolute atomic E-state index is 12.4. The Morgan fingerprint density at radius 3 is 2.38 bits per heavy atom. The van der Waals surface area contributed by atoms with Gasteiger partial charge in [-0.2, -0.15) is 5.01 Å². The zero-order chi connectivity index (χ0) is 15.1. The summed E-state index contributed by atoms with van der Waals surface area (Å²) in [4.78, 5) is 36.0. The molecule has 0 bridgehead atoms. The smallest absolute Gasteiger partial charge is 0.280 e. The van der Waals surface area contributed by atoms with Crippen molar-refractivity contribution in [1.82, 2.24) is 10.4 Å². The summed E-state index contributed by atoms with van der Waals surface area (Å²) in [6, 6.07) is 8.38. The summed E-state index contributed by atoms with van der Waals surface area (Å²) in [7, 11) is 1.53. The van der Waals surface area contributed by atoms with E-state index in [1.165, 1.54) is 14.0 Å². The molecule has 1 N–H and O–H groups in total. The molecule has 0 aliphatic carbocycles. The molecule has 0 saturated carbocycles. The molecule has 2 aromatic carbocycles. The van der Waals surface area contributed by atoms with Crippen LogP contribution >= 0.6 is 0 Å². The molecule has 3 amide bonds. The minimum absolute atomic E-state index is 0.356. The number of hydrogen-bond donors (Lipinski definition) is 1. The summed E-state index contributed by atoms with van der Waals surface area (Å²) in [5, 5.41) is 1.98. The largest absolute Gasteiger partial charge is 0.496 e. The van der Waals surface area contributed by atoms with Crippen LogP contribution in [-0.2, 0) is 4.79 Å². The lowest BCUT2D eigenvalue weighted by Gasteiger charge is -2.27. The second-order valence-corrected chi connectivity index (χ2v) is 4.66. The van der Waals surface area contributed by atoms with E-state index in [4.69, 9.17) is 4.74 Å². The molecule has 3 rings (SSSR count). The first kappa shape index (κ1) is 13.1. The topological polar surface area (TPSA) is 75.7 Å². The minimum atomic E-state index is -0.554. The van der Waals surface area contributed by atoms with Gasteiger partial charge in [-0.1, -0.05) is 12.1 Å². The van der Waals surface area contributed by atoms with Crippen LogP contribution in [0.5, 0.6) is 5.75 Å². The third-order valence-corrected chi connectivity index (χ3v) is 3.36. The summed E-state index contributed by atoms with van der Waals surface area (Å²) >= 11 is 0. The maximum Gasteiger partial charge on any atom is 0.280 e. The number of imide groups is 1. The third-order valence-electron chi connectivity index (χ3n) is 3.36. The van der Waals surface area contributed by atoms with Crippen molar-refractivity contribution < 1.29 is 19.1 Å². The second-order valence-electron chi connectivity index (χ2n) is 4.66. The quantitative estimate of drug-likeness (QED) is 0.848. The van der Waals surface area contributed by atoms with Gasteiger partial charge in [0, 0.05) is 17.7 Å². The average molecular weight is 284 g/mol. The fourth-order valence-corrected chi connectivity index (χ4v) is 2.51. The maximum atomic E-state index is 12.4. The lowest BCUT2D eigenvalue weighted by Crippen LogP contribution is -2.51. The number of rotatable bonds is 2. The fraction of sp³-hybridized carbons (Fsp3) is 0.133. The standard InChI is InChI=1S/C15H12N2O4/c1-8(18)16-17-14(19)10-5-3-4-9-12(21-2)7-6-11(13(9)10)15(17)20/h3-7H,1-2H3,(H,16,18). The summed E-state index contributed by atoms with van der Waals surface area (Å²) < 4.78 is 5.26. The van der Waals surface area contributed by atoms with E-state index in [0.717, 1.165) is 5.01 Å². The van der Waals surface area contributed by atoms with Crippen LogP contribution in [0.3, 0.4) is 0 Å². The van der Waals surface area contributed by atoms with Crippen LogP contribution in [0.1, 0.15) is 27.6 Å². The van der Waals surface area contributed by atoms with Crippen LogP contribution in [0.15, 0.2) is 30.3 Å². The number of hydrogen-bond acceptors (Lipinski definition) is 4. The van der Waals surface area contributed by atoms with Crippen molar-refractivity contribution in [1.29, 1.82) is 0 Å². The zero-order valence-electron chi connectivity index (χ0n) is 11.5. The van der Waals surface area contributed by atoms with Gasteiger partial charge in [0.25, 0.3) is 11.8 Å². The van der Waals surface area contributed by atoms with Crippen molar-refractivity contribution in [2.24, 2.45) is 0 Å². The van der Waals surface area contributed by atoms with E-state index in [1.807, 2.05) is 0 Å². The molecule has 0 atom stereocenters. The molecule has 1 aliphatic heterocycles. The van der Waals surface area contributed by atoms with Crippen LogP contribution in [0.25, 0.3) is 10.8 Å². The van der Waals surface area contributed by atoms with Gasteiger partial charge in [0.05, 0.1) is 18.2 Å². The minimum Gasteiger partial charge on any atom is -0.496 e. The van der Waals surface area contributed by atoms with E-state index in [0.29, 0.717) is 27.6 Å². The molecule has 6 nitrogen and oxygen atoms in total. The van der Waals surface area contributed by atoms with Gasteiger partial charge in [-0.15, -0.1) is 0 Å². The van der Waals surface area contributed by atoms with Crippen LogP contribution in [-0.4, -0.2) is 29.8 Å². The van der Waals surface area contributed by atoms with Crippen LogP contribution in [0.2, 0.25) is 0 Å². The van der Waals surface area contributed by atoms with Crippen molar-refractivity contribution >= 4 is 28.5 Å². The number of hydrazine groups is 1. The Hall–Kier alpha value is -2.89.